The maximum absolute atomic E-state index is 11.3. The van der Waals surface area contributed by atoms with E-state index in [1.807, 2.05) is 6.92 Å². The van der Waals surface area contributed by atoms with E-state index in [1.165, 1.54) is 0 Å². The van der Waals surface area contributed by atoms with Crippen molar-refractivity contribution in [1.29, 1.82) is 0 Å². The van der Waals surface area contributed by atoms with Crippen molar-refractivity contribution in [2.24, 2.45) is 0 Å². The minimum Gasteiger partial charge on any atom is -0.356 e. The van der Waals surface area contributed by atoms with Crippen LogP contribution in [0.1, 0.15) is 27.2 Å². The molecule has 1 aliphatic heterocycles. The summed E-state index contributed by atoms with van der Waals surface area (Å²) in [5.41, 5.74) is 0. The summed E-state index contributed by atoms with van der Waals surface area (Å²) >= 11 is 0. The summed E-state index contributed by atoms with van der Waals surface area (Å²) in [5, 5.41) is 6.26. The lowest BCUT2D eigenvalue weighted by atomic mass is 10.1. The molecule has 1 fully saturated rings. The third-order valence-corrected chi connectivity index (χ3v) is 2.89. The van der Waals surface area contributed by atoms with E-state index in [0.717, 1.165) is 26.2 Å². The van der Waals surface area contributed by atoms with Gasteiger partial charge in [-0.05, 0) is 20.8 Å². The van der Waals surface area contributed by atoms with E-state index < -0.39 is 0 Å². The van der Waals surface area contributed by atoms with Crippen LogP contribution in [0.2, 0.25) is 0 Å². The van der Waals surface area contributed by atoms with Crippen LogP contribution in [0, 0.1) is 0 Å². The van der Waals surface area contributed by atoms with Crippen LogP contribution in [0.25, 0.3) is 0 Å². The molecule has 2 unspecified atom stereocenters. The summed E-state index contributed by atoms with van der Waals surface area (Å²) in [4.78, 5) is 13.7. The monoisotopic (exact) mass is 213 g/mol. The number of rotatable bonds is 4. The lowest BCUT2D eigenvalue weighted by Crippen LogP contribution is -2.54. The smallest absolute Gasteiger partial charge is 0.221 e. The number of carbonyl (C=O) groups excluding carboxylic acids is 1. The third kappa shape index (κ3) is 4.18. The second kappa shape index (κ2) is 6.08. The van der Waals surface area contributed by atoms with E-state index in [2.05, 4.69) is 29.4 Å². The van der Waals surface area contributed by atoms with Crippen molar-refractivity contribution in [3.8, 4) is 0 Å². The Labute approximate surface area is 92.4 Å². The Kier molecular flexibility index (Phi) is 5.05. The van der Waals surface area contributed by atoms with Gasteiger partial charge in [-0.3, -0.25) is 9.69 Å². The maximum atomic E-state index is 11.3. The Bertz CT molecular complexity index is 208. The molecule has 0 bridgehead atoms. The van der Waals surface area contributed by atoms with Gasteiger partial charge in [-0.15, -0.1) is 0 Å². The quantitative estimate of drug-likeness (QED) is 0.701. The van der Waals surface area contributed by atoms with Crippen LogP contribution in [0.4, 0.5) is 0 Å². The minimum atomic E-state index is 0.163. The zero-order valence-corrected chi connectivity index (χ0v) is 10.0. The van der Waals surface area contributed by atoms with Crippen LogP contribution in [0.3, 0.4) is 0 Å². The normalized spacial score (nSPS) is 27.7. The van der Waals surface area contributed by atoms with E-state index in [4.69, 9.17) is 0 Å². The molecule has 1 rings (SSSR count). The molecule has 0 aromatic rings. The average Bonchev–Trinajstić information content (AvgIpc) is 2.20. The van der Waals surface area contributed by atoms with Gasteiger partial charge in [0.1, 0.15) is 0 Å². The van der Waals surface area contributed by atoms with Crippen LogP contribution in [-0.4, -0.2) is 49.1 Å². The van der Waals surface area contributed by atoms with Crippen molar-refractivity contribution < 1.29 is 4.79 Å². The number of hydrogen-bond donors (Lipinski definition) is 2. The molecule has 0 aliphatic carbocycles. The number of nitrogens with one attached hydrogen (secondary N) is 2. The molecule has 2 N–H and O–H groups in total. The Hall–Kier alpha value is -0.610. The molecule has 1 heterocycles. The predicted octanol–water partition coefficient (Wildman–Crippen LogP) is 0.195. The van der Waals surface area contributed by atoms with Gasteiger partial charge in [-0.1, -0.05) is 0 Å². The SMILES string of the molecule is CCNC(=O)CCN1CC(C)NCC1C. The molecule has 0 aromatic heterocycles. The molecular formula is C11H23N3O. The van der Waals surface area contributed by atoms with Crippen LogP contribution >= 0.6 is 0 Å². The summed E-state index contributed by atoms with van der Waals surface area (Å²) in [6, 6.07) is 1.08. The highest BCUT2D eigenvalue weighted by atomic mass is 16.1. The van der Waals surface area contributed by atoms with E-state index in [9.17, 15) is 4.79 Å². The van der Waals surface area contributed by atoms with Gasteiger partial charge in [-0.2, -0.15) is 0 Å². The highest BCUT2D eigenvalue weighted by Crippen LogP contribution is 2.06. The van der Waals surface area contributed by atoms with Crippen LogP contribution in [0.5, 0.6) is 0 Å². The molecule has 0 saturated carbocycles. The van der Waals surface area contributed by atoms with E-state index in [0.29, 0.717) is 18.5 Å². The Morgan fingerprint density at radius 2 is 2.27 bits per heavy atom. The van der Waals surface area contributed by atoms with Gasteiger partial charge in [-0.25, -0.2) is 0 Å². The molecule has 0 aromatic carbocycles. The average molecular weight is 213 g/mol. The van der Waals surface area contributed by atoms with E-state index in [-0.39, 0.29) is 5.91 Å². The van der Waals surface area contributed by atoms with Crippen molar-refractivity contribution in [1.82, 2.24) is 15.5 Å². The molecule has 15 heavy (non-hydrogen) atoms. The van der Waals surface area contributed by atoms with Gasteiger partial charge < -0.3 is 10.6 Å². The summed E-state index contributed by atoms with van der Waals surface area (Å²) < 4.78 is 0. The number of hydrogen-bond acceptors (Lipinski definition) is 3. The second-order valence-corrected chi connectivity index (χ2v) is 4.36. The first-order chi connectivity index (χ1) is 7.13. The van der Waals surface area contributed by atoms with Crippen LogP contribution < -0.4 is 10.6 Å². The first-order valence-corrected chi connectivity index (χ1v) is 5.87. The Morgan fingerprint density at radius 3 is 2.93 bits per heavy atom. The molecule has 1 amide bonds. The first kappa shape index (κ1) is 12.5. The summed E-state index contributed by atoms with van der Waals surface area (Å²) in [6.07, 6.45) is 0.616. The number of piperazine rings is 1. The van der Waals surface area contributed by atoms with Gasteiger partial charge in [0.05, 0.1) is 0 Å². The molecule has 0 spiro atoms. The fraction of sp³-hybridized carbons (Fsp3) is 0.909. The van der Waals surface area contributed by atoms with Gasteiger partial charge in [0, 0.05) is 44.7 Å². The van der Waals surface area contributed by atoms with Gasteiger partial charge in [0.2, 0.25) is 5.91 Å². The lowest BCUT2D eigenvalue weighted by molar-refractivity contribution is -0.121. The number of amides is 1. The Balaban J connectivity index is 2.27. The lowest BCUT2D eigenvalue weighted by Gasteiger charge is -2.37. The van der Waals surface area contributed by atoms with Gasteiger partial charge in [0.15, 0.2) is 0 Å². The maximum Gasteiger partial charge on any atom is 0.221 e. The zero-order valence-electron chi connectivity index (χ0n) is 10.0. The molecule has 88 valence electrons. The van der Waals surface area contributed by atoms with Gasteiger partial charge >= 0.3 is 0 Å². The fourth-order valence-electron chi connectivity index (χ4n) is 1.94. The van der Waals surface area contributed by atoms with E-state index in [1.54, 1.807) is 0 Å². The minimum absolute atomic E-state index is 0.163. The highest BCUT2D eigenvalue weighted by Gasteiger charge is 2.22. The van der Waals surface area contributed by atoms with Gasteiger partial charge in [0.25, 0.3) is 0 Å². The number of nitrogens with zero attached hydrogens (tertiary/aromatic N) is 1. The summed E-state index contributed by atoms with van der Waals surface area (Å²) in [6.45, 7) is 10.0. The van der Waals surface area contributed by atoms with E-state index >= 15 is 0 Å². The fourth-order valence-corrected chi connectivity index (χ4v) is 1.94. The van der Waals surface area contributed by atoms with Crippen molar-refractivity contribution >= 4 is 5.91 Å². The highest BCUT2D eigenvalue weighted by molar-refractivity contribution is 5.75. The second-order valence-electron chi connectivity index (χ2n) is 4.36. The molecule has 1 aliphatic rings. The van der Waals surface area contributed by atoms with Crippen molar-refractivity contribution in [2.75, 3.05) is 26.2 Å². The zero-order chi connectivity index (χ0) is 11.3. The van der Waals surface area contributed by atoms with Crippen LogP contribution in [0.15, 0.2) is 0 Å². The molecule has 4 nitrogen and oxygen atoms in total. The topological polar surface area (TPSA) is 44.4 Å². The van der Waals surface area contributed by atoms with Crippen LogP contribution in [-0.2, 0) is 4.79 Å². The molecule has 2 atom stereocenters. The predicted molar refractivity (Wildman–Crippen MR) is 61.8 cm³/mol. The summed E-state index contributed by atoms with van der Waals surface area (Å²) in [5.74, 6) is 0.163. The molecule has 0 radical (unpaired) electrons. The molecule has 1 saturated heterocycles. The van der Waals surface area contributed by atoms with Crippen molar-refractivity contribution in [3.63, 3.8) is 0 Å². The third-order valence-electron chi connectivity index (χ3n) is 2.89. The summed E-state index contributed by atoms with van der Waals surface area (Å²) in [7, 11) is 0. The standard InChI is InChI=1S/C11H23N3O/c1-4-12-11(15)5-6-14-8-9(2)13-7-10(14)3/h9-10,13H,4-8H2,1-3H3,(H,12,15). The van der Waals surface area contributed by atoms with Crippen molar-refractivity contribution in [2.45, 2.75) is 39.3 Å². The largest absolute Gasteiger partial charge is 0.356 e. The molecule has 4 heteroatoms. The van der Waals surface area contributed by atoms with Crippen molar-refractivity contribution in [3.05, 3.63) is 0 Å². The Morgan fingerprint density at radius 1 is 1.53 bits per heavy atom. The first-order valence-electron chi connectivity index (χ1n) is 5.87. The molecular weight excluding hydrogens is 190 g/mol. The number of carbonyl (C=O) groups is 1.